The van der Waals surface area contributed by atoms with Gasteiger partial charge in [-0.05, 0) is 56.0 Å². The fourth-order valence-corrected chi connectivity index (χ4v) is 7.63. The Morgan fingerprint density at radius 2 is 1.40 bits per heavy atom. The van der Waals surface area contributed by atoms with Gasteiger partial charge in [0.15, 0.2) is 15.7 Å². The molecule has 1 amide bonds. The lowest BCUT2D eigenvalue weighted by Crippen LogP contribution is -2.26. The van der Waals surface area contributed by atoms with Gasteiger partial charge in [0.05, 0.1) is 38.3 Å². The van der Waals surface area contributed by atoms with Crippen LogP contribution in [0.15, 0.2) is 56.5 Å². The van der Waals surface area contributed by atoms with Gasteiger partial charge in [0.25, 0.3) is 30.4 Å². The Kier molecular flexibility index (Phi) is 13.5. The molecule has 0 aliphatic rings. The Bertz CT molecular complexity index is 2160. The van der Waals surface area contributed by atoms with Crippen molar-refractivity contribution >= 4 is 92.2 Å². The van der Waals surface area contributed by atoms with E-state index in [0.717, 1.165) is 29.3 Å². The molecule has 4 N–H and O–H groups in total. The molecule has 0 unspecified atom stereocenters. The minimum atomic E-state index is -4.71. The predicted molar refractivity (Wildman–Crippen MR) is 185 cm³/mol. The van der Waals surface area contributed by atoms with Crippen LogP contribution in [-0.4, -0.2) is 93.9 Å². The molecule has 0 saturated heterocycles. The standard InChI is InChI=1S/C26H32Cl2N6O12S4/c1-17(35)30-23-13-18(33(9-3-5-11-48(38,39)40)10-4-6-12-49(41,42)43)7-8-22(23)31-32-26-24(47(2,36)37)16-29-34(26)25-20(27)14-19(15-21(25)28)50(44,45)46/h7-8,13-16H,3-6,9-12H2,1-2H3,(H,30,35)(H,38,39,40)(H,41,42,43)(H,44,45,46). The number of azo groups is 1. The van der Waals surface area contributed by atoms with Crippen LogP contribution in [-0.2, 0) is 45.0 Å². The van der Waals surface area contributed by atoms with Crippen LogP contribution in [0.1, 0.15) is 32.6 Å². The number of anilines is 2. The van der Waals surface area contributed by atoms with E-state index >= 15 is 0 Å². The van der Waals surface area contributed by atoms with Crippen molar-refractivity contribution in [1.82, 2.24) is 9.78 Å². The first-order valence-corrected chi connectivity index (χ1v) is 21.5. The number of hydrogen-bond donors (Lipinski definition) is 4. The number of carbonyl (C=O) groups excluding carboxylic acids is 1. The molecule has 3 aromatic rings. The van der Waals surface area contributed by atoms with Gasteiger partial charge in [-0.3, -0.25) is 18.5 Å². The summed E-state index contributed by atoms with van der Waals surface area (Å²) in [6, 6.07) is 6.21. The van der Waals surface area contributed by atoms with Crippen LogP contribution in [0.4, 0.5) is 22.9 Å². The maximum absolute atomic E-state index is 12.6. The number of halogens is 2. The zero-order valence-corrected chi connectivity index (χ0v) is 31.0. The highest BCUT2D eigenvalue weighted by atomic mass is 35.5. The Morgan fingerprint density at radius 3 is 1.86 bits per heavy atom. The summed E-state index contributed by atoms with van der Waals surface area (Å²) in [7, 11) is -17.1. The molecule has 1 aromatic heterocycles. The first kappa shape index (κ1) is 41.2. The summed E-state index contributed by atoms with van der Waals surface area (Å²) in [5.74, 6) is -1.89. The van der Waals surface area contributed by atoms with Crippen molar-refractivity contribution < 1.29 is 52.1 Å². The highest BCUT2D eigenvalue weighted by molar-refractivity contribution is 7.90. The zero-order chi connectivity index (χ0) is 37.7. The number of benzene rings is 2. The van der Waals surface area contributed by atoms with E-state index < -0.39 is 73.2 Å². The molecule has 0 aliphatic heterocycles. The summed E-state index contributed by atoms with van der Waals surface area (Å²) in [6.45, 7) is 1.71. The molecule has 2 aromatic carbocycles. The SMILES string of the molecule is CC(=O)Nc1cc(N(CCCCS(=O)(=O)O)CCCCS(=O)(=O)O)ccc1N=Nc1c(S(C)(=O)=O)cnn1-c1c(Cl)cc(S(=O)(=O)O)cc1Cl. The molecule has 0 bridgehead atoms. The molecule has 18 nitrogen and oxygen atoms in total. The second-order valence-electron chi connectivity index (χ2n) is 10.8. The van der Waals surface area contributed by atoms with Crippen LogP contribution < -0.4 is 10.2 Å². The third kappa shape index (κ3) is 12.2. The van der Waals surface area contributed by atoms with Crippen molar-refractivity contribution in [2.24, 2.45) is 10.2 Å². The van der Waals surface area contributed by atoms with Crippen molar-refractivity contribution in [1.29, 1.82) is 0 Å². The van der Waals surface area contributed by atoms with Gasteiger partial charge >= 0.3 is 0 Å². The molecule has 276 valence electrons. The topological polar surface area (TPSA) is 272 Å². The van der Waals surface area contributed by atoms with Crippen LogP contribution in [0.2, 0.25) is 10.0 Å². The summed E-state index contributed by atoms with van der Waals surface area (Å²) < 4.78 is 122. The average molecular weight is 820 g/mol. The largest absolute Gasteiger partial charge is 0.371 e. The fraction of sp³-hybridized carbons (Fsp3) is 0.385. The van der Waals surface area contributed by atoms with E-state index in [9.17, 15) is 43.0 Å². The molecule has 50 heavy (non-hydrogen) atoms. The molecule has 0 atom stereocenters. The van der Waals surface area contributed by atoms with Crippen LogP contribution in [0.5, 0.6) is 0 Å². The van der Waals surface area contributed by atoms with E-state index in [2.05, 4.69) is 20.6 Å². The van der Waals surface area contributed by atoms with Gasteiger partial charge in [-0.25, -0.2) is 13.1 Å². The third-order valence-corrected chi connectivity index (χ3v) is 10.8. The molecule has 0 aliphatic carbocycles. The lowest BCUT2D eigenvalue weighted by atomic mass is 10.2. The summed E-state index contributed by atoms with van der Waals surface area (Å²) >= 11 is 12.5. The maximum atomic E-state index is 12.6. The number of carbonyl (C=O) groups is 1. The fourth-order valence-electron chi connectivity index (χ4n) is 4.48. The van der Waals surface area contributed by atoms with Gasteiger partial charge in [-0.1, -0.05) is 23.2 Å². The second-order valence-corrected chi connectivity index (χ2v) is 18.1. The third-order valence-electron chi connectivity index (χ3n) is 6.68. The van der Waals surface area contributed by atoms with Crippen LogP contribution >= 0.6 is 23.2 Å². The molecule has 0 saturated carbocycles. The number of unbranched alkanes of at least 4 members (excludes halogenated alkanes) is 2. The van der Waals surface area contributed by atoms with Crippen molar-refractivity contribution in [3.63, 3.8) is 0 Å². The Labute approximate surface area is 298 Å². The normalized spacial score (nSPS) is 12.8. The van der Waals surface area contributed by atoms with Gasteiger partial charge in [0.2, 0.25) is 5.91 Å². The summed E-state index contributed by atoms with van der Waals surface area (Å²) in [5, 5.41) is 14.1. The van der Waals surface area contributed by atoms with Crippen molar-refractivity contribution in [2.75, 3.05) is 41.1 Å². The highest BCUT2D eigenvalue weighted by Gasteiger charge is 2.25. The van der Waals surface area contributed by atoms with Gasteiger partial charge in [-0.15, -0.1) is 10.2 Å². The van der Waals surface area contributed by atoms with E-state index in [1.165, 1.54) is 19.1 Å². The number of rotatable bonds is 17. The Balaban J connectivity index is 2.08. The maximum Gasteiger partial charge on any atom is 0.294 e. The lowest BCUT2D eigenvalue weighted by molar-refractivity contribution is -0.114. The van der Waals surface area contributed by atoms with Gasteiger partial charge in [-0.2, -0.15) is 30.4 Å². The molecule has 0 spiro atoms. The molecule has 3 rings (SSSR count). The van der Waals surface area contributed by atoms with Crippen molar-refractivity contribution in [3.8, 4) is 5.69 Å². The van der Waals surface area contributed by atoms with Gasteiger partial charge in [0.1, 0.15) is 16.3 Å². The first-order valence-electron chi connectivity index (χ1n) is 14.2. The number of sulfone groups is 1. The number of amides is 1. The summed E-state index contributed by atoms with van der Waals surface area (Å²) in [5.41, 5.74) is 0.402. The minimum Gasteiger partial charge on any atom is -0.371 e. The van der Waals surface area contributed by atoms with Crippen LogP contribution in [0.25, 0.3) is 5.69 Å². The first-order chi connectivity index (χ1) is 23.0. The summed E-state index contributed by atoms with van der Waals surface area (Å²) in [4.78, 5) is 12.8. The molecule has 0 fully saturated rings. The number of nitrogens with one attached hydrogen (secondary N) is 1. The Hall–Kier alpha value is -3.22. The van der Waals surface area contributed by atoms with E-state index in [4.69, 9.17) is 32.3 Å². The molecular formula is C26H32Cl2N6O12S4. The average Bonchev–Trinajstić information content (AvgIpc) is 3.37. The monoisotopic (exact) mass is 818 g/mol. The van der Waals surface area contributed by atoms with Gasteiger partial charge in [0, 0.05) is 32.0 Å². The Morgan fingerprint density at radius 1 is 0.860 bits per heavy atom. The lowest BCUT2D eigenvalue weighted by Gasteiger charge is -2.26. The van der Waals surface area contributed by atoms with Crippen LogP contribution in [0.3, 0.4) is 0 Å². The quantitative estimate of drug-likeness (QED) is 0.0838. The zero-order valence-electron chi connectivity index (χ0n) is 26.3. The van der Waals surface area contributed by atoms with E-state index in [1.54, 1.807) is 11.0 Å². The summed E-state index contributed by atoms with van der Waals surface area (Å²) in [6.07, 6.45) is 2.61. The molecule has 0 radical (unpaired) electrons. The van der Waals surface area contributed by atoms with E-state index in [1.807, 2.05) is 0 Å². The number of nitrogens with zero attached hydrogens (tertiary/aromatic N) is 5. The molecular weight excluding hydrogens is 787 g/mol. The van der Waals surface area contributed by atoms with Crippen molar-refractivity contribution in [3.05, 3.63) is 46.6 Å². The number of aromatic nitrogens is 2. The number of hydrogen-bond acceptors (Lipinski definition) is 13. The second kappa shape index (κ2) is 16.4. The van der Waals surface area contributed by atoms with E-state index in [-0.39, 0.29) is 53.0 Å². The van der Waals surface area contributed by atoms with Crippen LogP contribution in [0, 0.1) is 0 Å². The predicted octanol–water partition coefficient (Wildman–Crippen LogP) is 4.35. The smallest absolute Gasteiger partial charge is 0.294 e. The van der Waals surface area contributed by atoms with E-state index in [0.29, 0.717) is 18.5 Å². The molecule has 1 heterocycles. The minimum absolute atomic E-state index is 0.0211. The van der Waals surface area contributed by atoms with Gasteiger partial charge < -0.3 is 10.2 Å². The highest BCUT2D eigenvalue weighted by Crippen LogP contribution is 2.38. The molecule has 24 heteroatoms. The van der Waals surface area contributed by atoms with Crippen molar-refractivity contribution in [2.45, 2.75) is 42.4 Å².